The first kappa shape index (κ1) is 33.0. The number of carboxylic acids is 2. The van der Waals surface area contributed by atoms with Crippen LogP contribution in [0.4, 0.5) is 0 Å². The maximum atomic E-state index is 13.9. The van der Waals surface area contributed by atoms with E-state index in [2.05, 4.69) is 26.3 Å². The Morgan fingerprint density at radius 3 is 1.83 bits per heavy atom. The molecule has 0 radical (unpaired) electrons. The quantitative estimate of drug-likeness (QED) is 0.207. The number of carbonyl (C=O) groups excluding carboxylic acids is 1. The van der Waals surface area contributed by atoms with Gasteiger partial charge in [-0.1, -0.05) is 37.5 Å². The zero-order valence-electron chi connectivity index (χ0n) is 25.1. The molecule has 41 heavy (non-hydrogen) atoms. The third-order valence-electron chi connectivity index (χ3n) is 11.0. The minimum Gasteiger partial charge on any atom is -0.478 e. The van der Waals surface area contributed by atoms with E-state index in [4.69, 9.17) is 10.2 Å². The zero-order valence-corrected chi connectivity index (χ0v) is 25.1. The number of aliphatic carboxylic acids is 2. The second kappa shape index (κ2) is 13.2. The van der Waals surface area contributed by atoms with Crippen LogP contribution in [0, 0.1) is 52.8 Å². The van der Waals surface area contributed by atoms with Crippen LogP contribution < -0.4 is 0 Å². The van der Waals surface area contributed by atoms with Crippen LogP contribution in [0.1, 0.15) is 85.2 Å². The SMILES string of the molecule is C=C(C(=O)O)C1CCC(=C)C2CC3[C@H](CC[C@]34C(=O)CC3C(=C)CCC(C(=C)C(=O)O)CC34)C2C1.CC(C)O.CO.[HH].[HH].[HH].[HH].[HH]. The molecule has 1 spiro atoms. The van der Waals surface area contributed by atoms with Crippen LogP contribution >= 0.6 is 0 Å². The van der Waals surface area contributed by atoms with Crippen molar-refractivity contribution in [3.05, 3.63) is 48.6 Å². The van der Waals surface area contributed by atoms with E-state index < -0.39 is 17.4 Å². The van der Waals surface area contributed by atoms with E-state index in [1.54, 1.807) is 13.8 Å². The minimum absolute atomic E-state index is 0. The molecule has 7 nitrogen and oxygen atoms in total. The monoisotopic (exact) mass is 580 g/mol. The van der Waals surface area contributed by atoms with Crippen molar-refractivity contribution in [3.63, 3.8) is 0 Å². The smallest absolute Gasteiger partial charge is 0.331 e. The maximum Gasteiger partial charge on any atom is 0.331 e. The van der Waals surface area contributed by atoms with Crippen molar-refractivity contribution in [1.29, 1.82) is 0 Å². The first-order valence-corrected chi connectivity index (χ1v) is 15.1. The zero-order chi connectivity index (χ0) is 30.8. The van der Waals surface area contributed by atoms with Crippen molar-refractivity contribution < 1.29 is 41.9 Å². The second-order valence-corrected chi connectivity index (χ2v) is 13.2. The topological polar surface area (TPSA) is 132 Å². The van der Waals surface area contributed by atoms with Gasteiger partial charge in [0.2, 0.25) is 0 Å². The minimum atomic E-state index is -0.939. The van der Waals surface area contributed by atoms with E-state index in [0.29, 0.717) is 42.0 Å². The second-order valence-electron chi connectivity index (χ2n) is 13.2. The van der Waals surface area contributed by atoms with Gasteiger partial charge in [-0.25, -0.2) is 9.59 Å². The van der Waals surface area contributed by atoms with Crippen molar-refractivity contribution in [1.82, 2.24) is 0 Å². The van der Waals surface area contributed by atoms with Crippen LogP contribution in [-0.4, -0.2) is 51.4 Å². The summed E-state index contributed by atoms with van der Waals surface area (Å²) in [4.78, 5) is 37.4. The largest absolute Gasteiger partial charge is 0.478 e. The van der Waals surface area contributed by atoms with Crippen molar-refractivity contribution >= 4 is 17.7 Å². The summed E-state index contributed by atoms with van der Waals surface area (Å²) in [6, 6.07) is 0. The number of fused-ring (bicyclic) bond motifs is 6. The lowest BCUT2D eigenvalue weighted by Crippen LogP contribution is -2.39. The predicted octanol–water partition coefficient (Wildman–Crippen LogP) is 7.06. The average Bonchev–Trinajstić information content (AvgIpc) is 3.48. The number of carboxylic acid groups (broad SMARTS) is 2. The number of Topliss-reactive ketones (excluding diaryl/α,β-unsaturated/α-hetero) is 1. The number of carbonyl (C=O) groups is 3. The fourth-order valence-corrected chi connectivity index (χ4v) is 9.28. The molecule has 5 aliphatic rings. The van der Waals surface area contributed by atoms with E-state index in [1.807, 2.05) is 0 Å². The Morgan fingerprint density at radius 2 is 1.32 bits per heavy atom. The Labute approximate surface area is 252 Å². The van der Waals surface area contributed by atoms with Crippen LogP contribution in [-0.2, 0) is 14.4 Å². The van der Waals surface area contributed by atoms with Crippen LogP contribution in [0.5, 0.6) is 0 Å². The Bertz CT molecular complexity index is 1110. The molecule has 5 aliphatic carbocycles. The molecule has 5 saturated carbocycles. The molecule has 7 unspecified atom stereocenters. The highest BCUT2D eigenvalue weighted by atomic mass is 16.4. The van der Waals surface area contributed by atoms with Gasteiger partial charge in [-0.3, -0.25) is 4.79 Å². The Hall–Kier alpha value is -2.51. The third kappa shape index (κ3) is 6.17. The summed E-state index contributed by atoms with van der Waals surface area (Å²) in [5.41, 5.74) is 2.48. The summed E-state index contributed by atoms with van der Waals surface area (Å²) in [6.07, 6.45) is 7.81. The molecule has 0 heterocycles. The molecular formula is C34H60O7. The molecule has 4 N–H and O–H groups in total. The molecule has 5 fully saturated rings. The van der Waals surface area contributed by atoms with Crippen molar-refractivity contribution in [3.8, 4) is 0 Å². The molecular weight excluding hydrogens is 520 g/mol. The number of aliphatic hydroxyl groups is 2. The molecule has 9 atom stereocenters. The van der Waals surface area contributed by atoms with Crippen LogP contribution in [0.2, 0.25) is 0 Å². The lowest BCUT2D eigenvalue weighted by molar-refractivity contribution is -0.134. The van der Waals surface area contributed by atoms with Gasteiger partial charge in [0.1, 0.15) is 5.78 Å². The first-order chi connectivity index (χ1) is 19.3. The Balaban J connectivity index is -0.00000157. The molecule has 0 aromatic carbocycles. The highest BCUT2D eigenvalue weighted by Crippen LogP contribution is 2.70. The normalized spacial score (nSPS) is 37.5. The van der Waals surface area contributed by atoms with Gasteiger partial charge in [0, 0.05) is 43.3 Å². The lowest BCUT2D eigenvalue weighted by atomic mass is 9.63. The number of ketones is 1. The van der Waals surface area contributed by atoms with E-state index >= 15 is 0 Å². The van der Waals surface area contributed by atoms with Crippen molar-refractivity contribution in [2.45, 2.75) is 84.2 Å². The summed E-state index contributed by atoms with van der Waals surface area (Å²) >= 11 is 0. The summed E-state index contributed by atoms with van der Waals surface area (Å²) < 4.78 is 0. The van der Waals surface area contributed by atoms with Gasteiger partial charge < -0.3 is 20.4 Å². The highest BCUT2D eigenvalue weighted by molar-refractivity contribution is 5.90. The molecule has 0 aliphatic heterocycles. The van der Waals surface area contributed by atoms with E-state index in [9.17, 15) is 24.6 Å². The van der Waals surface area contributed by atoms with Gasteiger partial charge in [0.15, 0.2) is 0 Å². The number of rotatable bonds is 4. The number of hydrogen-bond donors (Lipinski definition) is 4. The molecule has 7 heteroatoms. The summed E-state index contributed by atoms with van der Waals surface area (Å²) in [5.74, 6) is -0.0525. The summed E-state index contributed by atoms with van der Waals surface area (Å²) in [5, 5.41) is 34.3. The van der Waals surface area contributed by atoms with Crippen LogP contribution in [0.3, 0.4) is 0 Å². The van der Waals surface area contributed by atoms with Crippen molar-refractivity contribution in [2.75, 3.05) is 7.11 Å². The Kier molecular flexibility index (Phi) is 10.6. The molecule has 0 aromatic heterocycles. The molecule has 0 aromatic rings. The molecule has 0 amide bonds. The summed E-state index contributed by atoms with van der Waals surface area (Å²) in [7, 11) is 1.00. The number of hydrogen-bond acceptors (Lipinski definition) is 5. The fourth-order valence-electron chi connectivity index (χ4n) is 9.28. The maximum absolute atomic E-state index is 13.9. The molecule has 238 valence electrons. The lowest BCUT2D eigenvalue weighted by Gasteiger charge is -2.39. The summed E-state index contributed by atoms with van der Waals surface area (Å²) in [6.45, 7) is 20.0. The van der Waals surface area contributed by atoms with E-state index in [1.165, 1.54) is 5.57 Å². The van der Waals surface area contributed by atoms with Gasteiger partial charge in [0.25, 0.3) is 0 Å². The number of allylic oxidation sites excluding steroid dienone is 2. The first-order valence-electron chi connectivity index (χ1n) is 15.1. The highest BCUT2D eigenvalue weighted by Gasteiger charge is 2.67. The Morgan fingerprint density at radius 1 is 0.829 bits per heavy atom. The van der Waals surface area contributed by atoms with E-state index in [0.717, 1.165) is 64.0 Å². The van der Waals surface area contributed by atoms with E-state index in [-0.39, 0.29) is 48.4 Å². The molecule has 0 bridgehead atoms. The third-order valence-corrected chi connectivity index (χ3v) is 11.0. The van der Waals surface area contributed by atoms with Crippen LogP contribution in [0.25, 0.3) is 0 Å². The standard InChI is InChI=1S/C30H38O5.C3H8O.CH4O.5H2/c1-15-5-7-19(17(3)28(32)33)11-24-21-9-10-30(26(21)13-22(15)24)25-12-20(18(4)29(34)35)8-6-16(2)23(25)14-27(30)31;1-3(2)4;1-2;;;;;/h19-26H,1-14H2,(H,32,33)(H,34,35);3-4H,1-2H3;2H,1H3;5*1H/t19?,20?,21-,22?,23?,24?,25?,26?,30-;;;;;;;/m1......./s1. The van der Waals surface area contributed by atoms with Gasteiger partial charge in [-0.15, -0.1) is 0 Å². The van der Waals surface area contributed by atoms with Gasteiger partial charge in [-0.05, 0) is 119 Å². The number of aliphatic hydroxyl groups excluding tert-OH is 2. The van der Waals surface area contributed by atoms with Gasteiger partial charge in [0.05, 0.1) is 0 Å². The van der Waals surface area contributed by atoms with Gasteiger partial charge >= 0.3 is 11.9 Å². The molecule has 0 saturated heterocycles. The average molecular weight is 581 g/mol. The predicted molar refractivity (Wildman–Crippen MR) is 169 cm³/mol. The molecule has 5 rings (SSSR count). The van der Waals surface area contributed by atoms with Crippen LogP contribution in [0.15, 0.2) is 48.6 Å². The van der Waals surface area contributed by atoms with Crippen molar-refractivity contribution in [2.24, 2.45) is 52.8 Å². The fraction of sp³-hybridized carbons (Fsp3) is 0.676. The van der Waals surface area contributed by atoms with Gasteiger partial charge in [-0.2, -0.15) is 0 Å².